The van der Waals surface area contributed by atoms with Crippen LogP contribution in [0.25, 0.3) is 22.5 Å². The molecule has 2 aliphatic carbocycles. The third-order valence-electron chi connectivity index (χ3n) is 13.0. The van der Waals surface area contributed by atoms with Gasteiger partial charge in [0.25, 0.3) is 0 Å². The van der Waals surface area contributed by atoms with Gasteiger partial charge in [0.1, 0.15) is 5.15 Å². The van der Waals surface area contributed by atoms with Crippen LogP contribution >= 0.6 is 23.2 Å². The van der Waals surface area contributed by atoms with E-state index < -0.39 is 35.8 Å². The monoisotopic (exact) mass is 1210 g/mol. The molecule has 0 unspecified atom stereocenters. The topological polar surface area (TPSA) is 319 Å². The van der Waals surface area contributed by atoms with Crippen molar-refractivity contribution in [2.45, 2.75) is 69.9 Å². The van der Waals surface area contributed by atoms with Crippen LogP contribution in [0, 0.1) is 20.8 Å². The van der Waals surface area contributed by atoms with Gasteiger partial charge in [0.2, 0.25) is 46.6 Å². The van der Waals surface area contributed by atoms with Crippen molar-refractivity contribution in [2.24, 2.45) is 0 Å². The summed E-state index contributed by atoms with van der Waals surface area (Å²) in [5.74, 6) is 1.57. The minimum absolute atomic E-state index is 0.0310. The van der Waals surface area contributed by atoms with Crippen LogP contribution in [0.4, 0.5) is 35.4 Å². The van der Waals surface area contributed by atoms with E-state index in [0.717, 1.165) is 33.5 Å². The van der Waals surface area contributed by atoms with Gasteiger partial charge in [0.05, 0.1) is 43.5 Å². The molecule has 23 nitrogen and oxygen atoms in total. The lowest BCUT2D eigenvalue weighted by atomic mass is 9.82. The Labute approximate surface area is 492 Å². The number of alkyl halides is 4. The average molecular weight is 1210 g/mol. The van der Waals surface area contributed by atoms with Crippen LogP contribution in [-0.4, -0.2) is 107 Å². The third-order valence-corrected chi connectivity index (χ3v) is 13.8. The number of hydrogen-bond acceptors (Lipinski definition) is 22. The quantitative estimate of drug-likeness (QED) is 0.0356. The molecule has 1 amide bonds. The zero-order valence-electron chi connectivity index (χ0n) is 45.8. The van der Waals surface area contributed by atoms with Crippen LogP contribution in [0.3, 0.4) is 0 Å². The molecule has 0 saturated heterocycles. The number of nitrogens with zero attached hydrogens (tertiary/aromatic N) is 9. The number of nitrogens with one attached hydrogen (secondary N) is 1. The second kappa shape index (κ2) is 25.7. The lowest BCUT2D eigenvalue weighted by Crippen LogP contribution is -2.29. The fourth-order valence-electron chi connectivity index (χ4n) is 8.13. The number of fused-ring (bicyclic) bond motifs is 2. The van der Waals surface area contributed by atoms with E-state index >= 15 is 0 Å². The number of nitrogen functional groups attached to an aromatic ring is 2. The van der Waals surface area contributed by atoms with Crippen LogP contribution in [0.2, 0.25) is 5.15 Å². The van der Waals surface area contributed by atoms with Gasteiger partial charge in [0, 0.05) is 71.5 Å². The molecule has 2 saturated carbocycles. The number of rotatable bonds is 11. The molecule has 2 fully saturated rings. The summed E-state index contributed by atoms with van der Waals surface area (Å²) in [7, 11) is 3.14. The fourth-order valence-corrected chi connectivity index (χ4v) is 8.57. The van der Waals surface area contributed by atoms with E-state index in [2.05, 4.69) is 69.1 Å². The summed E-state index contributed by atoms with van der Waals surface area (Å²) in [6, 6.07) is 19.0. The Hall–Kier alpha value is -9.25. The molecule has 442 valence electrons. The van der Waals surface area contributed by atoms with Crippen LogP contribution in [-0.2, 0) is 20.4 Å². The fraction of sp³-hybridized carbons (Fsp3) is 0.255. The summed E-state index contributed by atoms with van der Waals surface area (Å²) in [6.07, 6.45) is 4.63. The Bertz CT molecular complexity index is 3710. The van der Waals surface area contributed by atoms with Gasteiger partial charge in [-0.25, -0.2) is 44.9 Å². The van der Waals surface area contributed by atoms with Crippen molar-refractivity contribution in [1.29, 1.82) is 0 Å². The van der Waals surface area contributed by atoms with Crippen molar-refractivity contribution in [1.82, 2.24) is 44.9 Å². The Balaban J connectivity index is 0.000000150. The van der Waals surface area contributed by atoms with Crippen molar-refractivity contribution in [2.75, 3.05) is 38.1 Å². The van der Waals surface area contributed by atoms with E-state index in [1.165, 1.54) is 50.7 Å². The van der Waals surface area contributed by atoms with Crippen molar-refractivity contribution in [3.8, 4) is 63.2 Å². The highest BCUT2D eigenvalue weighted by atomic mass is 35.5. The highest BCUT2D eigenvalue weighted by molar-refractivity contribution is 6.66. The molecule has 30 heteroatoms. The summed E-state index contributed by atoms with van der Waals surface area (Å²) in [6.45, 7) is 5.61. The second-order valence-corrected chi connectivity index (χ2v) is 19.6. The first-order chi connectivity index (χ1) is 40.4. The molecule has 4 aliphatic rings. The van der Waals surface area contributed by atoms with Gasteiger partial charge in [-0.3, -0.25) is 14.9 Å². The number of aryl methyl sites for hydroxylation is 3. The van der Waals surface area contributed by atoms with Gasteiger partial charge in [-0.15, -0.1) is 17.6 Å². The molecule has 7 N–H and O–H groups in total. The number of pyridine rings is 3. The minimum atomic E-state index is -3.71. The molecule has 0 spiro atoms. The van der Waals surface area contributed by atoms with Gasteiger partial charge < -0.3 is 54.7 Å². The number of carbonyl (C=O) groups is 2. The molecular weight excluding hydrogens is 1160 g/mol. The zero-order chi connectivity index (χ0) is 61.4. The first-order valence-electron chi connectivity index (χ1n) is 25.2. The number of methoxy groups -OCH3 is 3. The van der Waals surface area contributed by atoms with Gasteiger partial charge in [-0.1, -0.05) is 29.8 Å². The highest BCUT2D eigenvalue weighted by Gasteiger charge is 2.54. The Morgan fingerprint density at radius 2 is 1.00 bits per heavy atom. The number of carbonyl (C=O) groups excluding carboxylic acids is 2. The Morgan fingerprint density at radius 3 is 1.41 bits per heavy atom. The van der Waals surface area contributed by atoms with E-state index in [1.807, 2.05) is 32.9 Å². The lowest BCUT2D eigenvalue weighted by molar-refractivity contribution is -0.287. The molecular formula is C55H51BCl2F4N12O11. The number of benzene rings is 2. The zero-order valence-corrected chi connectivity index (χ0v) is 47.3. The maximum absolute atomic E-state index is 13.3. The molecule has 2 aliphatic heterocycles. The Morgan fingerprint density at radius 1 is 0.565 bits per heavy atom. The first-order valence-corrected chi connectivity index (χ1v) is 26.0. The van der Waals surface area contributed by atoms with Gasteiger partial charge in [0.15, 0.2) is 23.0 Å². The molecule has 12 rings (SSSR count). The van der Waals surface area contributed by atoms with Crippen molar-refractivity contribution in [3.63, 3.8) is 0 Å². The molecule has 6 aromatic heterocycles. The molecule has 8 aromatic rings. The molecule has 8 heterocycles. The number of ether oxygens (including phenoxy) is 7. The van der Waals surface area contributed by atoms with Gasteiger partial charge in [-0.05, 0) is 123 Å². The summed E-state index contributed by atoms with van der Waals surface area (Å²) >= 11 is 11.1. The number of nitrogens with two attached hydrogens (primary N) is 2. The van der Waals surface area contributed by atoms with E-state index in [1.54, 1.807) is 68.4 Å². The maximum Gasteiger partial charge on any atom is 0.586 e. The molecule has 85 heavy (non-hydrogen) atoms. The normalized spacial score (nSPS) is 15.0. The summed E-state index contributed by atoms with van der Waals surface area (Å²) in [5.41, 5.74) is 16.4. The second-order valence-electron chi connectivity index (χ2n) is 18.9. The van der Waals surface area contributed by atoms with E-state index in [0.29, 0.717) is 70.8 Å². The summed E-state index contributed by atoms with van der Waals surface area (Å²) in [5, 5.41) is 20.0. The maximum atomic E-state index is 13.3. The lowest BCUT2D eigenvalue weighted by Gasteiger charge is -2.16. The van der Waals surface area contributed by atoms with Crippen molar-refractivity contribution in [3.05, 3.63) is 143 Å². The predicted octanol–water partition coefficient (Wildman–Crippen LogP) is 7.88. The average Bonchev–Trinajstić information content (AvgIpc) is 1.68. The summed E-state index contributed by atoms with van der Waals surface area (Å²) in [4.78, 5) is 60.7. The first kappa shape index (κ1) is 61.8. The van der Waals surface area contributed by atoms with Crippen LogP contribution < -0.4 is 55.4 Å². The number of hydrogen-bond donors (Lipinski definition) is 5. The van der Waals surface area contributed by atoms with Crippen LogP contribution in [0.5, 0.6) is 40.6 Å². The summed E-state index contributed by atoms with van der Waals surface area (Å²) < 4.78 is 84.7. The largest absolute Gasteiger partial charge is 0.586 e. The van der Waals surface area contributed by atoms with E-state index in [4.69, 9.17) is 58.9 Å². The SMILES string of the molecule is COc1ccc(-c2nc(N)ncc2C)cn1.COc1ccc(-c2nc(NC(=O)C3(c4ccc5c(c4)OC(F)(F)O5)CC3)ncc2C)cn1.COc1ccc(B(O)O)cn1.Cc1cnc(N)nc1Cl.O=C(Cl)C1(c2ccc3c(c2)OC(F)(F)O3)CC1. The predicted molar refractivity (Wildman–Crippen MR) is 301 cm³/mol. The van der Waals surface area contributed by atoms with Gasteiger partial charge in [-0.2, -0.15) is 0 Å². The van der Waals surface area contributed by atoms with Crippen LogP contribution in [0.1, 0.15) is 53.5 Å². The van der Waals surface area contributed by atoms with Crippen LogP contribution in [0.15, 0.2) is 110 Å². The smallest absolute Gasteiger partial charge is 0.481 e. The van der Waals surface area contributed by atoms with Gasteiger partial charge >= 0.3 is 19.7 Å². The Kier molecular flexibility index (Phi) is 18.7. The number of anilines is 3. The molecule has 0 bridgehead atoms. The molecule has 0 atom stereocenters. The van der Waals surface area contributed by atoms with E-state index in [9.17, 15) is 27.2 Å². The molecule has 0 radical (unpaired) electrons. The van der Waals surface area contributed by atoms with Crippen molar-refractivity contribution < 1.29 is 70.4 Å². The molecule has 2 aromatic carbocycles. The van der Waals surface area contributed by atoms with Crippen molar-refractivity contribution >= 4 is 64.8 Å². The minimum Gasteiger partial charge on any atom is -0.481 e. The number of amides is 1. The van der Waals surface area contributed by atoms with E-state index in [-0.39, 0.29) is 46.8 Å². The highest BCUT2D eigenvalue weighted by Crippen LogP contribution is 2.54. The third kappa shape index (κ3) is 15.1. The number of aromatic nitrogens is 9. The standard InChI is InChI=1S/C22H18F2N4O4.C11H7ClF2O3.C11H12N4O.C6H8BNO3.C5H6ClN3/c1-12-10-26-20(27-18(12)13-3-6-17(30-2)25-11-13)28-19(29)21(7-8-21)14-4-5-15-16(9-14)32-22(23,24)31-15;12-9(15)10(3-4-10)6-1-2-7-8(5-6)17-11(13,14)16-7;1-7-5-14-11(12)15-10(7)8-3-4-9(16-2)13-6-8;1-11-6-3-2-5(4-8-6)7(9)10;1-3-2-8-5(7)9-4(3)6/h3-6,9-11H,7-8H2,1-2H3,(H,26,27,28,29);1-2,5H,3-4H2;3-6H,1-2H3,(H2,12,14,15);2-4,9-10H,1H3;2H,1H3,(H2,7,8,9). The number of halogens is 6.